The van der Waals surface area contributed by atoms with Gasteiger partial charge in [-0.2, -0.15) is 0 Å². The Morgan fingerprint density at radius 2 is 1.96 bits per heavy atom. The van der Waals surface area contributed by atoms with Crippen LogP contribution in [0.4, 0.5) is 0 Å². The third kappa shape index (κ3) is 4.07. The molecule has 0 aliphatic heterocycles. The quantitative estimate of drug-likeness (QED) is 0.673. The number of carbonyl (C=O) groups is 1. The van der Waals surface area contributed by atoms with Crippen LogP contribution in [0.25, 0.3) is 10.2 Å². The highest BCUT2D eigenvalue weighted by atomic mass is 35.5. The molecule has 126 valence electrons. The van der Waals surface area contributed by atoms with Crippen LogP contribution in [0.3, 0.4) is 0 Å². The highest BCUT2D eigenvalue weighted by molar-refractivity contribution is 7.92. The fourth-order valence-corrected chi connectivity index (χ4v) is 5.58. The zero-order valence-electron chi connectivity index (χ0n) is 12.0. The molecular formula is C14H10Cl2N2O3S3. The van der Waals surface area contributed by atoms with Crippen molar-refractivity contribution < 1.29 is 13.2 Å². The summed E-state index contributed by atoms with van der Waals surface area (Å²) in [6.07, 6.45) is 0.370. The second kappa shape index (κ2) is 6.97. The van der Waals surface area contributed by atoms with E-state index in [-0.39, 0.29) is 10.6 Å². The maximum atomic E-state index is 12.0. The van der Waals surface area contributed by atoms with Gasteiger partial charge in [-0.1, -0.05) is 23.2 Å². The van der Waals surface area contributed by atoms with E-state index in [1.807, 2.05) is 10.8 Å². The number of thiazole rings is 1. The Morgan fingerprint density at radius 3 is 2.67 bits per heavy atom. The number of halogens is 2. The topological polar surface area (TPSA) is 76.1 Å². The van der Waals surface area contributed by atoms with E-state index < -0.39 is 15.9 Å². The number of benzene rings is 1. The van der Waals surface area contributed by atoms with Crippen molar-refractivity contribution in [1.29, 1.82) is 0 Å². The van der Waals surface area contributed by atoms with Crippen LogP contribution >= 0.6 is 45.9 Å². The monoisotopic (exact) mass is 420 g/mol. The lowest BCUT2D eigenvalue weighted by molar-refractivity contribution is -0.119. The standard InChI is InChI=1S/C14H10Cl2N2O3S3/c15-8-1-2-10-9(7-8)17-13(22-10)5-4-12(19)18-24(20,21)14-6-3-11(16)23-14/h1-3,6-7H,4-5H2,(H,18,19). The van der Waals surface area contributed by atoms with Crippen molar-refractivity contribution in [1.82, 2.24) is 9.71 Å². The van der Waals surface area contributed by atoms with Gasteiger partial charge in [0.05, 0.1) is 19.6 Å². The zero-order chi connectivity index (χ0) is 17.3. The van der Waals surface area contributed by atoms with Gasteiger partial charge >= 0.3 is 0 Å². The predicted octanol–water partition coefficient (Wildman–Crippen LogP) is 4.10. The van der Waals surface area contributed by atoms with Crippen LogP contribution in [0, 0.1) is 0 Å². The summed E-state index contributed by atoms with van der Waals surface area (Å²) in [5.41, 5.74) is 0.767. The van der Waals surface area contributed by atoms with Gasteiger partial charge in [0.1, 0.15) is 4.21 Å². The van der Waals surface area contributed by atoms with Gasteiger partial charge in [-0.3, -0.25) is 4.79 Å². The van der Waals surface area contributed by atoms with Gasteiger partial charge in [-0.15, -0.1) is 22.7 Å². The first-order chi connectivity index (χ1) is 11.3. The van der Waals surface area contributed by atoms with E-state index in [2.05, 4.69) is 4.98 Å². The molecule has 24 heavy (non-hydrogen) atoms. The molecule has 3 aromatic rings. The van der Waals surface area contributed by atoms with E-state index >= 15 is 0 Å². The lowest BCUT2D eigenvalue weighted by atomic mass is 10.3. The number of thiophene rings is 1. The molecule has 0 aliphatic carbocycles. The molecule has 5 nitrogen and oxygen atoms in total. The van der Waals surface area contributed by atoms with Crippen LogP contribution in [-0.2, 0) is 21.2 Å². The van der Waals surface area contributed by atoms with Crippen LogP contribution in [0.2, 0.25) is 9.36 Å². The molecule has 0 fully saturated rings. The first-order valence-electron chi connectivity index (χ1n) is 6.69. The molecule has 10 heteroatoms. The third-order valence-electron chi connectivity index (χ3n) is 3.02. The van der Waals surface area contributed by atoms with Crippen LogP contribution in [0.1, 0.15) is 11.4 Å². The van der Waals surface area contributed by atoms with Crippen LogP contribution in [0.15, 0.2) is 34.5 Å². The van der Waals surface area contributed by atoms with Gasteiger partial charge in [0.2, 0.25) is 5.91 Å². The Bertz CT molecular complexity index is 1010. The summed E-state index contributed by atoms with van der Waals surface area (Å²) in [7, 11) is -3.87. The number of carbonyl (C=O) groups excluding carboxylic acids is 1. The largest absolute Gasteiger partial charge is 0.274 e. The van der Waals surface area contributed by atoms with Gasteiger partial charge in [0.25, 0.3) is 10.0 Å². The van der Waals surface area contributed by atoms with Crippen molar-refractivity contribution >= 4 is 72.0 Å². The number of amides is 1. The lowest BCUT2D eigenvalue weighted by Crippen LogP contribution is -2.30. The Hall–Kier alpha value is -1.19. The van der Waals surface area contributed by atoms with Gasteiger partial charge in [-0.05, 0) is 30.3 Å². The minimum Gasteiger partial charge on any atom is -0.274 e. The number of aryl methyl sites for hydroxylation is 1. The molecule has 2 aromatic heterocycles. The minimum absolute atomic E-state index is 0.00970. The van der Waals surface area contributed by atoms with Gasteiger partial charge < -0.3 is 0 Å². The van der Waals surface area contributed by atoms with Crippen molar-refractivity contribution in [2.24, 2.45) is 0 Å². The molecule has 0 saturated heterocycles. The average molecular weight is 421 g/mol. The number of hydrogen-bond donors (Lipinski definition) is 1. The number of aromatic nitrogens is 1. The predicted molar refractivity (Wildman–Crippen MR) is 97.6 cm³/mol. The molecule has 0 radical (unpaired) electrons. The van der Waals surface area contributed by atoms with E-state index in [0.29, 0.717) is 15.8 Å². The minimum atomic E-state index is -3.87. The van der Waals surface area contributed by atoms with Crippen molar-refractivity contribution in [2.45, 2.75) is 17.1 Å². The highest BCUT2D eigenvalue weighted by Gasteiger charge is 2.20. The summed E-state index contributed by atoms with van der Waals surface area (Å²) in [6, 6.07) is 8.22. The molecule has 1 aromatic carbocycles. The summed E-state index contributed by atoms with van der Waals surface area (Å²) in [6.45, 7) is 0. The third-order valence-corrected chi connectivity index (χ3v) is 7.45. The van der Waals surface area contributed by atoms with E-state index in [1.54, 1.807) is 12.1 Å². The molecule has 0 atom stereocenters. The molecule has 0 spiro atoms. The van der Waals surface area contributed by atoms with Gasteiger partial charge in [-0.25, -0.2) is 18.1 Å². The summed E-state index contributed by atoms with van der Waals surface area (Å²) in [5.74, 6) is -0.586. The number of hydrogen-bond acceptors (Lipinski definition) is 6. The summed E-state index contributed by atoms with van der Waals surface area (Å²) in [5, 5.41) is 1.34. The molecule has 1 N–H and O–H groups in total. The smallest absolute Gasteiger partial charge is 0.273 e. The summed E-state index contributed by atoms with van der Waals surface area (Å²) in [4.78, 5) is 16.3. The van der Waals surface area contributed by atoms with Gasteiger partial charge in [0.15, 0.2) is 0 Å². The van der Waals surface area contributed by atoms with E-state index in [4.69, 9.17) is 23.2 Å². The SMILES string of the molecule is O=C(CCc1nc2cc(Cl)ccc2s1)NS(=O)(=O)c1ccc(Cl)s1. The van der Waals surface area contributed by atoms with Crippen LogP contribution in [-0.4, -0.2) is 19.3 Å². The first kappa shape index (κ1) is 17.6. The molecule has 1 amide bonds. The fraction of sp³-hybridized carbons (Fsp3) is 0.143. The van der Waals surface area contributed by atoms with Crippen molar-refractivity contribution in [2.75, 3.05) is 0 Å². The molecule has 0 unspecified atom stereocenters. The van der Waals surface area contributed by atoms with Crippen molar-refractivity contribution in [3.8, 4) is 0 Å². The molecule has 2 heterocycles. The molecule has 0 saturated carbocycles. The van der Waals surface area contributed by atoms with Crippen LogP contribution in [0.5, 0.6) is 0 Å². The lowest BCUT2D eigenvalue weighted by Gasteiger charge is -2.03. The highest BCUT2D eigenvalue weighted by Crippen LogP contribution is 2.26. The second-order valence-electron chi connectivity index (χ2n) is 4.81. The second-order valence-corrected chi connectivity index (χ2v) is 9.98. The maximum Gasteiger partial charge on any atom is 0.273 e. The van der Waals surface area contributed by atoms with Gasteiger partial charge in [0, 0.05) is 17.9 Å². The first-order valence-corrected chi connectivity index (χ1v) is 10.6. The number of sulfonamides is 1. The Balaban J connectivity index is 1.64. The molecule has 0 bridgehead atoms. The number of rotatable bonds is 5. The van der Waals surface area contributed by atoms with E-state index in [1.165, 1.54) is 23.5 Å². The molecule has 0 aliphatic rings. The Morgan fingerprint density at radius 1 is 1.17 bits per heavy atom. The molecular weight excluding hydrogens is 411 g/mol. The van der Waals surface area contributed by atoms with E-state index in [0.717, 1.165) is 26.6 Å². The Labute approximate surface area is 156 Å². The zero-order valence-corrected chi connectivity index (χ0v) is 15.9. The number of fused-ring (bicyclic) bond motifs is 1. The summed E-state index contributed by atoms with van der Waals surface area (Å²) < 4.78 is 27.4. The van der Waals surface area contributed by atoms with E-state index in [9.17, 15) is 13.2 Å². The normalized spacial score (nSPS) is 11.8. The fourth-order valence-electron chi connectivity index (χ4n) is 1.97. The number of nitrogens with zero attached hydrogens (tertiary/aromatic N) is 1. The van der Waals surface area contributed by atoms with Crippen LogP contribution < -0.4 is 4.72 Å². The Kier molecular flexibility index (Phi) is 5.12. The molecule has 3 rings (SSSR count). The number of nitrogens with one attached hydrogen (secondary N) is 1. The summed E-state index contributed by atoms with van der Waals surface area (Å²) >= 11 is 14.0. The average Bonchev–Trinajstić information content (AvgIpc) is 3.10. The maximum absolute atomic E-state index is 12.0. The van der Waals surface area contributed by atoms with Crippen molar-refractivity contribution in [3.05, 3.63) is 44.7 Å². The van der Waals surface area contributed by atoms with Crippen molar-refractivity contribution in [3.63, 3.8) is 0 Å².